The van der Waals surface area contributed by atoms with Crippen LogP contribution in [-0.2, 0) is 13.6 Å². The molecule has 0 amide bonds. The molecule has 2 aromatic rings. The summed E-state index contributed by atoms with van der Waals surface area (Å²) >= 11 is 0. The second kappa shape index (κ2) is 5.50. The highest BCUT2D eigenvalue weighted by Crippen LogP contribution is 2.36. The van der Waals surface area contributed by atoms with Gasteiger partial charge in [-0.05, 0) is 31.2 Å². The van der Waals surface area contributed by atoms with Gasteiger partial charge in [-0.3, -0.25) is 14.4 Å². The maximum absolute atomic E-state index is 12.1. The molecule has 0 bridgehead atoms. The van der Waals surface area contributed by atoms with Gasteiger partial charge in [0.15, 0.2) is 5.65 Å². The van der Waals surface area contributed by atoms with Crippen molar-refractivity contribution >= 4 is 11.0 Å². The largest absolute Gasteiger partial charge is 0.309 e. The first-order chi connectivity index (χ1) is 10.7. The van der Waals surface area contributed by atoms with Crippen LogP contribution in [-0.4, -0.2) is 37.7 Å². The number of H-pyrrole nitrogens is 1. The van der Waals surface area contributed by atoms with E-state index in [9.17, 15) is 4.79 Å². The molecular formula is C16H23N5O. The molecule has 2 aromatic heterocycles. The van der Waals surface area contributed by atoms with E-state index in [1.54, 1.807) is 10.9 Å². The number of aromatic amines is 1. The summed E-state index contributed by atoms with van der Waals surface area (Å²) < 4.78 is 1.67. The molecule has 6 heteroatoms. The number of fused-ring (bicyclic) bond motifs is 2. The number of nitrogens with zero attached hydrogens (tertiary/aromatic N) is 4. The zero-order valence-electron chi connectivity index (χ0n) is 13.1. The summed E-state index contributed by atoms with van der Waals surface area (Å²) in [5.74, 6) is 2.53. The SMILES string of the molecule is Cn1ncc2c(=O)[nH]c(CN3CC[C@@H]4CCCC[C@@H]4C3)nc21. The van der Waals surface area contributed by atoms with Crippen LogP contribution in [0.1, 0.15) is 37.9 Å². The number of piperidine rings is 1. The van der Waals surface area contributed by atoms with Crippen LogP contribution in [0, 0.1) is 11.8 Å². The predicted octanol–water partition coefficient (Wildman–Crippen LogP) is 1.67. The Morgan fingerprint density at radius 2 is 2.09 bits per heavy atom. The Balaban J connectivity index is 1.53. The fourth-order valence-electron chi connectivity index (χ4n) is 4.18. The zero-order valence-corrected chi connectivity index (χ0v) is 13.1. The van der Waals surface area contributed by atoms with Gasteiger partial charge in [-0.2, -0.15) is 5.10 Å². The normalized spacial score (nSPS) is 26.2. The summed E-state index contributed by atoms with van der Waals surface area (Å²) in [5.41, 5.74) is 0.590. The summed E-state index contributed by atoms with van der Waals surface area (Å²) in [5, 5.41) is 4.69. The van der Waals surface area contributed by atoms with E-state index in [0.717, 1.165) is 37.3 Å². The first kappa shape index (κ1) is 13.9. The molecule has 1 saturated heterocycles. The number of aryl methyl sites for hydroxylation is 1. The second-order valence-electron chi connectivity index (χ2n) is 6.85. The molecule has 1 aliphatic heterocycles. The van der Waals surface area contributed by atoms with Crippen molar-refractivity contribution in [3.63, 3.8) is 0 Å². The Morgan fingerprint density at radius 1 is 1.27 bits per heavy atom. The van der Waals surface area contributed by atoms with Crippen LogP contribution < -0.4 is 5.56 Å². The quantitative estimate of drug-likeness (QED) is 0.916. The summed E-state index contributed by atoms with van der Waals surface area (Å²) in [6.45, 7) is 3.01. The highest BCUT2D eigenvalue weighted by atomic mass is 16.1. The summed E-state index contributed by atoms with van der Waals surface area (Å²) in [7, 11) is 1.83. The Morgan fingerprint density at radius 3 is 2.95 bits per heavy atom. The van der Waals surface area contributed by atoms with Gasteiger partial charge in [-0.15, -0.1) is 0 Å². The topological polar surface area (TPSA) is 66.8 Å². The first-order valence-electron chi connectivity index (χ1n) is 8.34. The van der Waals surface area contributed by atoms with Gasteiger partial charge in [0, 0.05) is 13.6 Å². The van der Waals surface area contributed by atoms with E-state index in [1.165, 1.54) is 32.1 Å². The summed E-state index contributed by atoms with van der Waals surface area (Å²) in [4.78, 5) is 22.1. The third-order valence-corrected chi connectivity index (χ3v) is 5.40. The molecule has 118 valence electrons. The fraction of sp³-hybridized carbons (Fsp3) is 0.688. The lowest BCUT2D eigenvalue weighted by molar-refractivity contribution is 0.0803. The van der Waals surface area contributed by atoms with Crippen molar-refractivity contribution in [3.05, 3.63) is 22.4 Å². The Kier molecular flexibility index (Phi) is 3.48. The van der Waals surface area contributed by atoms with Crippen LogP contribution in [0.4, 0.5) is 0 Å². The highest BCUT2D eigenvalue weighted by Gasteiger charge is 2.31. The molecule has 1 aliphatic carbocycles. The number of hydrogen-bond donors (Lipinski definition) is 1. The van der Waals surface area contributed by atoms with E-state index < -0.39 is 0 Å². The van der Waals surface area contributed by atoms with E-state index in [0.29, 0.717) is 11.0 Å². The summed E-state index contributed by atoms with van der Waals surface area (Å²) in [6, 6.07) is 0. The Hall–Kier alpha value is -1.69. The first-order valence-corrected chi connectivity index (χ1v) is 8.34. The van der Waals surface area contributed by atoms with Crippen LogP contribution in [0.3, 0.4) is 0 Å². The molecular weight excluding hydrogens is 278 g/mol. The number of aromatic nitrogens is 4. The number of rotatable bonds is 2. The fourth-order valence-corrected chi connectivity index (χ4v) is 4.18. The summed E-state index contributed by atoms with van der Waals surface area (Å²) in [6.07, 6.45) is 8.44. The average molecular weight is 301 g/mol. The lowest BCUT2D eigenvalue weighted by Crippen LogP contribution is -2.41. The van der Waals surface area contributed by atoms with Crippen molar-refractivity contribution in [3.8, 4) is 0 Å². The van der Waals surface area contributed by atoms with Crippen molar-refractivity contribution in [2.75, 3.05) is 13.1 Å². The van der Waals surface area contributed by atoms with Crippen LogP contribution >= 0.6 is 0 Å². The lowest BCUT2D eigenvalue weighted by atomic mass is 9.75. The molecule has 0 spiro atoms. The predicted molar refractivity (Wildman–Crippen MR) is 84.5 cm³/mol. The van der Waals surface area contributed by atoms with Gasteiger partial charge < -0.3 is 4.98 Å². The van der Waals surface area contributed by atoms with Gasteiger partial charge in [0.25, 0.3) is 5.56 Å². The standard InChI is InChI=1S/C16H23N5O/c1-20-15-13(8-17-20)16(22)19-14(18-15)10-21-7-6-11-4-2-3-5-12(11)9-21/h8,11-12H,2-7,9-10H2,1H3,(H,18,19,22)/t11-,12+/m0/s1. The second-order valence-corrected chi connectivity index (χ2v) is 6.85. The Labute approximate surface area is 129 Å². The van der Waals surface area contributed by atoms with Crippen LogP contribution in [0.5, 0.6) is 0 Å². The van der Waals surface area contributed by atoms with Gasteiger partial charge in [-0.25, -0.2) is 4.98 Å². The molecule has 2 atom stereocenters. The minimum absolute atomic E-state index is 0.0827. The van der Waals surface area contributed by atoms with E-state index in [1.807, 2.05) is 7.05 Å². The number of nitrogens with one attached hydrogen (secondary N) is 1. The number of hydrogen-bond acceptors (Lipinski definition) is 4. The minimum atomic E-state index is -0.0827. The monoisotopic (exact) mass is 301 g/mol. The molecule has 0 radical (unpaired) electrons. The smallest absolute Gasteiger partial charge is 0.262 e. The van der Waals surface area contributed by atoms with E-state index in [2.05, 4.69) is 20.0 Å². The highest BCUT2D eigenvalue weighted by molar-refractivity contribution is 5.72. The molecule has 4 rings (SSSR count). The van der Waals surface area contributed by atoms with Gasteiger partial charge in [0.2, 0.25) is 0 Å². The van der Waals surface area contributed by atoms with Crippen LogP contribution in [0.25, 0.3) is 11.0 Å². The van der Waals surface area contributed by atoms with Crippen LogP contribution in [0.15, 0.2) is 11.0 Å². The Bertz CT molecular complexity index is 734. The average Bonchev–Trinajstić information content (AvgIpc) is 2.89. The molecule has 0 unspecified atom stereocenters. The molecule has 0 aromatic carbocycles. The van der Waals surface area contributed by atoms with Gasteiger partial charge >= 0.3 is 0 Å². The van der Waals surface area contributed by atoms with E-state index >= 15 is 0 Å². The lowest BCUT2D eigenvalue weighted by Gasteiger charge is -2.41. The van der Waals surface area contributed by atoms with E-state index in [4.69, 9.17) is 0 Å². The molecule has 3 heterocycles. The molecule has 1 saturated carbocycles. The van der Waals surface area contributed by atoms with Crippen LogP contribution in [0.2, 0.25) is 0 Å². The maximum atomic E-state index is 12.1. The third kappa shape index (κ3) is 2.45. The maximum Gasteiger partial charge on any atom is 0.262 e. The zero-order chi connectivity index (χ0) is 15.1. The third-order valence-electron chi connectivity index (χ3n) is 5.40. The van der Waals surface area contributed by atoms with Gasteiger partial charge in [-0.1, -0.05) is 19.3 Å². The molecule has 1 N–H and O–H groups in total. The number of likely N-dealkylation sites (tertiary alicyclic amines) is 1. The van der Waals surface area contributed by atoms with Crippen molar-refractivity contribution in [1.82, 2.24) is 24.6 Å². The minimum Gasteiger partial charge on any atom is -0.309 e. The molecule has 22 heavy (non-hydrogen) atoms. The van der Waals surface area contributed by atoms with Gasteiger partial charge in [0.05, 0.1) is 12.7 Å². The molecule has 6 nitrogen and oxygen atoms in total. The van der Waals surface area contributed by atoms with Crippen molar-refractivity contribution in [1.29, 1.82) is 0 Å². The van der Waals surface area contributed by atoms with Crippen molar-refractivity contribution in [2.24, 2.45) is 18.9 Å². The molecule has 2 fully saturated rings. The van der Waals surface area contributed by atoms with Crippen molar-refractivity contribution < 1.29 is 0 Å². The van der Waals surface area contributed by atoms with Crippen molar-refractivity contribution in [2.45, 2.75) is 38.6 Å². The molecule has 2 aliphatic rings. The van der Waals surface area contributed by atoms with Gasteiger partial charge in [0.1, 0.15) is 11.2 Å². The van der Waals surface area contributed by atoms with E-state index in [-0.39, 0.29) is 5.56 Å².